The van der Waals surface area contributed by atoms with E-state index >= 15 is 0 Å². The highest BCUT2D eigenvalue weighted by atomic mass is 35.5. The molecule has 1 atom stereocenters. The third-order valence-corrected chi connectivity index (χ3v) is 6.77. The Hall–Kier alpha value is -3.04. The van der Waals surface area contributed by atoms with Crippen LogP contribution in [0.2, 0.25) is 5.02 Å². The number of carbonyl (C=O) groups excluding carboxylic acids is 1. The van der Waals surface area contributed by atoms with Crippen molar-refractivity contribution in [1.82, 2.24) is 19.4 Å². The molecular formula is C26H33ClN6O3. The Morgan fingerprint density at radius 3 is 2.61 bits per heavy atom. The number of amides is 1. The van der Waals surface area contributed by atoms with E-state index in [4.69, 9.17) is 31.0 Å². The number of aromatic nitrogens is 3. The SMILES string of the molecule is C[C@@H]1CN(C(=O)OC(C)(C)C)CCN1c1ncnc2c1c(N1CCOCC1)cn2-c1cccc(Cl)c1. The van der Waals surface area contributed by atoms with Crippen LogP contribution in [-0.2, 0) is 9.47 Å². The summed E-state index contributed by atoms with van der Waals surface area (Å²) in [5.74, 6) is 0.874. The van der Waals surface area contributed by atoms with Gasteiger partial charge in [-0.2, -0.15) is 0 Å². The Morgan fingerprint density at radius 2 is 1.92 bits per heavy atom. The van der Waals surface area contributed by atoms with Crippen LogP contribution < -0.4 is 9.80 Å². The molecule has 4 heterocycles. The molecule has 192 valence electrons. The van der Waals surface area contributed by atoms with E-state index in [0.29, 0.717) is 37.9 Å². The quantitative estimate of drug-likeness (QED) is 0.516. The average molecular weight is 513 g/mol. The first-order chi connectivity index (χ1) is 17.2. The van der Waals surface area contributed by atoms with Gasteiger partial charge >= 0.3 is 6.09 Å². The van der Waals surface area contributed by atoms with Crippen molar-refractivity contribution in [3.8, 4) is 5.69 Å². The van der Waals surface area contributed by atoms with Crippen LogP contribution in [0.1, 0.15) is 27.7 Å². The number of nitrogens with zero attached hydrogens (tertiary/aromatic N) is 6. The molecule has 9 nitrogen and oxygen atoms in total. The summed E-state index contributed by atoms with van der Waals surface area (Å²) in [6.45, 7) is 12.5. The molecular weight excluding hydrogens is 480 g/mol. The first kappa shape index (κ1) is 24.6. The summed E-state index contributed by atoms with van der Waals surface area (Å²) in [7, 11) is 0. The van der Waals surface area contributed by atoms with E-state index < -0.39 is 5.60 Å². The third-order valence-electron chi connectivity index (χ3n) is 6.53. The number of hydrogen-bond donors (Lipinski definition) is 0. The van der Waals surface area contributed by atoms with Gasteiger partial charge in [0, 0.05) is 55.7 Å². The predicted molar refractivity (Wildman–Crippen MR) is 142 cm³/mol. The second kappa shape index (κ2) is 9.78. The molecule has 2 aliphatic rings. The van der Waals surface area contributed by atoms with E-state index in [-0.39, 0.29) is 12.1 Å². The van der Waals surface area contributed by atoms with Crippen LogP contribution in [-0.4, -0.2) is 83.1 Å². The van der Waals surface area contributed by atoms with Crippen molar-refractivity contribution in [3.63, 3.8) is 0 Å². The molecule has 1 amide bonds. The fourth-order valence-corrected chi connectivity index (χ4v) is 5.06. The Kier molecular flexibility index (Phi) is 6.70. The molecule has 0 bridgehead atoms. The van der Waals surface area contributed by atoms with Gasteiger partial charge in [-0.1, -0.05) is 17.7 Å². The van der Waals surface area contributed by atoms with E-state index in [1.165, 1.54) is 0 Å². The summed E-state index contributed by atoms with van der Waals surface area (Å²) >= 11 is 6.33. The van der Waals surface area contributed by atoms with Crippen LogP contribution in [0.25, 0.3) is 16.7 Å². The Morgan fingerprint density at radius 1 is 1.14 bits per heavy atom. The summed E-state index contributed by atoms with van der Waals surface area (Å²) in [5.41, 5.74) is 2.32. The van der Waals surface area contributed by atoms with E-state index in [9.17, 15) is 4.79 Å². The summed E-state index contributed by atoms with van der Waals surface area (Å²) in [5, 5.41) is 1.67. The van der Waals surface area contributed by atoms with E-state index in [0.717, 1.165) is 41.3 Å². The molecule has 0 unspecified atom stereocenters. The number of morpholine rings is 1. The van der Waals surface area contributed by atoms with Gasteiger partial charge in [0.2, 0.25) is 0 Å². The van der Waals surface area contributed by atoms with Crippen molar-refractivity contribution >= 4 is 40.2 Å². The maximum absolute atomic E-state index is 12.7. The van der Waals surface area contributed by atoms with Crippen molar-refractivity contribution in [2.45, 2.75) is 39.3 Å². The van der Waals surface area contributed by atoms with Crippen LogP contribution in [0.15, 0.2) is 36.8 Å². The standard InChI is InChI=1S/C26H33ClN6O3/c1-18-15-31(25(34)36-26(2,3)4)8-9-32(18)23-22-21(30-10-12-35-13-11-30)16-33(24(22)29-17-28-23)20-7-5-6-19(27)14-20/h5-7,14,16-18H,8-13,15H2,1-4H3/t18-/m1/s1. The lowest BCUT2D eigenvalue weighted by atomic mass is 10.1. The lowest BCUT2D eigenvalue weighted by Gasteiger charge is -2.41. The molecule has 0 aliphatic carbocycles. The van der Waals surface area contributed by atoms with E-state index in [1.807, 2.05) is 45.0 Å². The summed E-state index contributed by atoms with van der Waals surface area (Å²) in [4.78, 5) is 28.6. The number of anilines is 2. The molecule has 0 radical (unpaired) electrons. The number of benzene rings is 1. The maximum Gasteiger partial charge on any atom is 0.410 e. The zero-order valence-corrected chi connectivity index (χ0v) is 22.0. The van der Waals surface area contributed by atoms with E-state index in [2.05, 4.69) is 27.5 Å². The fourth-order valence-electron chi connectivity index (χ4n) is 4.88. The summed E-state index contributed by atoms with van der Waals surface area (Å²) < 4.78 is 13.3. The summed E-state index contributed by atoms with van der Waals surface area (Å²) in [6, 6.07) is 7.83. The minimum atomic E-state index is -0.521. The molecule has 2 fully saturated rings. The highest BCUT2D eigenvalue weighted by Crippen LogP contribution is 2.38. The molecule has 2 aromatic heterocycles. The van der Waals surface area contributed by atoms with E-state index in [1.54, 1.807) is 11.2 Å². The van der Waals surface area contributed by atoms with Crippen molar-refractivity contribution in [3.05, 3.63) is 41.8 Å². The second-order valence-electron chi connectivity index (χ2n) is 10.3. The Labute approximate surface area is 216 Å². The average Bonchev–Trinajstić information content (AvgIpc) is 3.24. The number of fused-ring (bicyclic) bond motifs is 1. The summed E-state index contributed by atoms with van der Waals surface area (Å²) in [6.07, 6.45) is 3.47. The molecule has 36 heavy (non-hydrogen) atoms. The Bertz CT molecular complexity index is 1250. The van der Waals surface area contributed by atoms with Gasteiger partial charge in [-0.15, -0.1) is 0 Å². The van der Waals surface area contributed by atoms with Crippen molar-refractivity contribution in [2.75, 3.05) is 55.7 Å². The number of piperazine rings is 1. The lowest BCUT2D eigenvalue weighted by Crippen LogP contribution is -2.55. The molecule has 5 rings (SSSR count). The molecule has 2 aliphatic heterocycles. The molecule has 0 spiro atoms. The van der Waals surface area contributed by atoms with Gasteiger partial charge < -0.3 is 24.2 Å². The molecule has 3 aromatic rings. The number of carbonyl (C=O) groups is 1. The van der Waals surface area contributed by atoms with Crippen molar-refractivity contribution < 1.29 is 14.3 Å². The number of hydrogen-bond acceptors (Lipinski definition) is 7. The van der Waals surface area contributed by atoms with Gasteiger partial charge in [0.15, 0.2) is 5.65 Å². The Balaban J connectivity index is 1.54. The maximum atomic E-state index is 12.7. The van der Waals surface area contributed by atoms with Gasteiger partial charge in [0.1, 0.15) is 17.7 Å². The third kappa shape index (κ3) is 4.95. The van der Waals surface area contributed by atoms with Crippen molar-refractivity contribution in [1.29, 1.82) is 0 Å². The molecule has 1 aromatic carbocycles. The second-order valence-corrected chi connectivity index (χ2v) is 10.8. The molecule has 10 heteroatoms. The number of rotatable bonds is 3. The van der Waals surface area contributed by atoms with Gasteiger partial charge in [-0.05, 0) is 45.9 Å². The van der Waals surface area contributed by atoms with Gasteiger partial charge in [0.05, 0.1) is 24.3 Å². The minimum Gasteiger partial charge on any atom is -0.444 e. The highest BCUT2D eigenvalue weighted by Gasteiger charge is 2.33. The largest absolute Gasteiger partial charge is 0.444 e. The number of ether oxygens (including phenoxy) is 2. The zero-order chi connectivity index (χ0) is 25.4. The molecule has 2 saturated heterocycles. The van der Waals surface area contributed by atoms with Crippen LogP contribution in [0.4, 0.5) is 16.3 Å². The van der Waals surface area contributed by atoms with Crippen LogP contribution in [0.5, 0.6) is 0 Å². The van der Waals surface area contributed by atoms with Gasteiger partial charge in [-0.25, -0.2) is 14.8 Å². The van der Waals surface area contributed by atoms with Crippen LogP contribution in [0.3, 0.4) is 0 Å². The van der Waals surface area contributed by atoms with Crippen LogP contribution in [0, 0.1) is 0 Å². The van der Waals surface area contributed by atoms with Gasteiger partial charge in [-0.3, -0.25) is 4.57 Å². The van der Waals surface area contributed by atoms with Crippen molar-refractivity contribution in [2.24, 2.45) is 0 Å². The first-order valence-corrected chi connectivity index (χ1v) is 12.8. The topological polar surface area (TPSA) is 76.0 Å². The van der Waals surface area contributed by atoms with Crippen LogP contribution >= 0.6 is 11.6 Å². The predicted octanol–water partition coefficient (Wildman–Crippen LogP) is 4.36. The first-order valence-electron chi connectivity index (χ1n) is 12.4. The van der Waals surface area contributed by atoms with Gasteiger partial charge in [0.25, 0.3) is 0 Å². The normalized spacial score (nSPS) is 19.1. The smallest absolute Gasteiger partial charge is 0.410 e. The molecule has 0 saturated carbocycles. The number of halogens is 1. The monoisotopic (exact) mass is 512 g/mol. The highest BCUT2D eigenvalue weighted by molar-refractivity contribution is 6.30. The minimum absolute atomic E-state index is 0.0522. The lowest BCUT2D eigenvalue weighted by molar-refractivity contribution is 0.0218. The molecule has 0 N–H and O–H groups in total. The zero-order valence-electron chi connectivity index (χ0n) is 21.3. The fraction of sp³-hybridized carbons (Fsp3) is 0.500.